The highest BCUT2D eigenvalue weighted by Crippen LogP contribution is 2.35. The summed E-state index contributed by atoms with van der Waals surface area (Å²) in [5.41, 5.74) is 6.59. The first-order valence-electron chi connectivity index (χ1n) is 5.52. The number of anilines is 3. The van der Waals surface area contributed by atoms with Gasteiger partial charge >= 0.3 is 0 Å². The van der Waals surface area contributed by atoms with Gasteiger partial charge in [0, 0.05) is 16.6 Å². The highest BCUT2D eigenvalue weighted by molar-refractivity contribution is 9.11. The van der Waals surface area contributed by atoms with Gasteiger partial charge in [-0.1, -0.05) is 11.8 Å². The molecule has 0 unspecified atom stereocenters. The van der Waals surface area contributed by atoms with Crippen molar-refractivity contribution in [1.82, 2.24) is 9.97 Å². The standard InChI is InChI=1S/C12H12Br2N4OS/c1-19-9-4-8(6(13)3-7(9)14)16-11-5-10(15)17-12(18-11)20-2/h3-5H,1-2H3,(H3,15,16,17,18). The molecule has 0 radical (unpaired) electrons. The SMILES string of the molecule is COc1cc(Nc2cc(N)nc(SC)n2)c(Br)cc1Br. The number of ether oxygens (including phenoxy) is 1. The number of halogens is 2. The third kappa shape index (κ3) is 3.56. The summed E-state index contributed by atoms with van der Waals surface area (Å²) in [6, 6.07) is 5.45. The second kappa shape index (κ2) is 6.64. The smallest absolute Gasteiger partial charge is 0.191 e. The molecule has 106 valence electrons. The number of nitrogen functional groups attached to an aromatic ring is 1. The molecule has 5 nitrogen and oxygen atoms in total. The van der Waals surface area contributed by atoms with Gasteiger partial charge in [-0.15, -0.1) is 0 Å². The quantitative estimate of drug-likeness (QED) is 0.575. The lowest BCUT2D eigenvalue weighted by Crippen LogP contribution is -2.01. The first-order chi connectivity index (χ1) is 9.53. The van der Waals surface area contributed by atoms with Crippen molar-refractivity contribution < 1.29 is 4.74 Å². The number of benzene rings is 1. The highest BCUT2D eigenvalue weighted by Gasteiger charge is 2.09. The van der Waals surface area contributed by atoms with E-state index in [4.69, 9.17) is 10.5 Å². The number of thioether (sulfide) groups is 1. The van der Waals surface area contributed by atoms with E-state index in [2.05, 4.69) is 47.1 Å². The van der Waals surface area contributed by atoms with Crippen LogP contribution in [-0.2, 0) is 0 Å². The monoisotopic (exact) mass is 418 g/mol. The van der Waals surface area contributed by atoms with Gasteiger partial charge in [0.2, 0.25) is 0 Å². The number of hydrogen-bond acceptors (Lipinski definition) is 6. The van der Waals surface area contributed by atoms with Crippen molar-refractivity contribution in [2.24, 2.45) is 0 Å². The van der Waals surface area contributed by atoms with Crippen LogP contribution in [0.1, 0.15) is 0 Å². The van der Waals surface area contributed by atoms with Gasteiger partial charge in [0.25, 0.3) is 0 Å². The molecule has 0 saturated carbocycles. The molecule has 1 aromatic carbocycles. The molecule has 0 fully saturated rings. The number of methoxy groups -OCH3 is 1. The van der Waals surface area contributed by atoms with Gasteiger partial charge in [-0.25, -0.2) is 9.97 Å². The average Bonchev–Trinajstić information content (AvgIpc) is 2.41. The molecule has 8 heteroatoms. The van der Waals surface area contributed by atoms with E-state index < -0.39 is 0 Å². The van der Waals surface area contributed by atoms with Gasteiger partial charge in [0.05, 0.1) is 17.3 Å². The molecule has 0 saturated heterocycles. The summed E-state index contributed by atoms with van der Waals surface area (Å²) in [4.78, 5) is 8.46. The summed E-state index contributed by atoms with van der Waals surface area (Å²) in [6.45, 7) is 0. The van der Waals surface area contributed by atoms with Gasteiger partial charge in [-0.3, -0.25) is 0 Å². The topological polar surface area (TPSA) is 73.1 Å². The van der Waals surface area contributed by atoms with Crippen LogP contribution >= 0.6 is 43.6 Å². The van der Waals surface area contributed by atoms with Crippen molar-refractivity contribution in [3.63, 3.8) is 0 Å². The Bertz CT molecular complexity index is 639. The zero-order valence-corrected chi connectivity index (χ0v) is 14.8. The molecule has 0 bridgehead atoms. The van der Waals surface area contributed by atoms with E-state index in [-0.39, 0.29) is 0 Å². The van der Waals surface area contributed by atoms with Crippen molar-refractivity contribution in [1.29, 1.82) is 0 Å². The Balaban J connectivity index is 2.36. The van der Waals surface area contributed by atoms with Crippen LogP contribution in [0.2, 0.25) is 0 Å². The van der Waals surface area contributed by atoms with Gasteiger partial charge in [-0.2, -0.15) is 0 Å². The van der Waals surface area contributed by atoms with E-state index in [1.807, 2.05) is 18.4 Å². The van der Waals surface area contributed by atoms with Crippen LogP contribution in [0, 0.1) is 0 Å². The van der Waals surface area contributed by atoms with E-state index in [0.29, 0.717) is 16.8 Å². The number of nitrogens with zero attached hydrogens (tertiary/aromatic N) is 2. The Labute approximate surface area is 138 Å². The summed E-state index contributed by atoms with van der Waals surface area (Å²) >= 11 is 8.36. The predicted octanol–water partition coefficient (Wildman–Crippen LogP) is 4.06. The van der Waals surface area contributed by atoms with Crippen LogP contribution in [0.3, 0.4) is 0 Å². The van der Waals surface area contributed by atoms with Gasteiger partial charge in [0.1, 0.15) is 17.4 Å². The molecule has 2 aromatic rings. The van der Waals surface area contributed by atoms with E-state index in [1.165, 1.54) is 11.8 Å². The number of aromatic nitrogens is 2. The number of nitrogens with one attached hydrogen (secondary N) is 1. The molecule has 0 spiro atoms. The summed E-state index contributed by atoms with van der Waals surface area (Å²) in [5, 5.41) is 3.82. The fourth-order valence-corrected chi connectivity index (χ4v) is 3.16. The fraction of sp³-hybridized carbons (Fsp3) is 0.167. The number of rotatable bonds is 4. The zero-order valence-electron chi connectivity index (χ0n) is 10.8. The first kappa shape index (κ1) is 15.4. The van der Waals surface area contributed by atoms with E-state index in [9.17, 15) is 0 Å². The molecule has 1 aromatic heterocycles. The Morgan fingerprint density at radius 3 is 2.60 bits per heavy atom. The van der Waals surface area contributed by atoms with Crippen LogP contribution < -0.4 is 15.8 Å². The molecule has 0 atom stereocenters. The first-order valence-corrected chi connectivity index (χ1v) is 8.33. The van der Waals surface area contributed by atoms with Crippen LogP contribution in [0.25, 0.3) is 0 Å². The minimum Gasteiger partial charge on any atom is -0.495 e. The lowest BCUT2D eigenvalue weighted by molar-refractivity contribution is 0.412. The molecule has 0 aliphatic rings. The molecule has 2 rings (SSSR count). The van der Waals surface area contributed by atoms with Crippen molar-refractivity contribution in [3.05, 3.63) is 27.1 Å². The molecule has 20 heavy (non-hydrogen) atoms. The average molecular weight is 420 g/mol. The molecule has 1 heterocycles. The Morgan fingerprint density at radius 1 is 1.20 bits per heavy atom. The Kier molecular flexibility index (Phi) is 5.11. The normalized spacial score (nSPS) is 10.4. The third-order valence-electron chi connectivity index (χ3n) is 2.41. The number of nitrogens with two attached hydrogens (primary N) is 1. The molecule has 0 aliphatic carbocycles. The van der Waals surface area contributed by atoms with E-state index in [0.717, 1.165) is 20.4 Å². The van der Waals surface area contributed by atoms with Gasteiger partial charge < -0.3 is 15.8 Å². The molecule has 0 aliphatic heterocycles. The lowest BCUT2D eigenvalue weighted by Gasteiger charge is -2.12. The Hall–Kier alpha value is -0.990. The highest BCUT2D eigenvalue weighted by atomic mass is 79.9. The third-order valence-corrected chi connectivity index (χ3v) is 4.24. The minimum atomic E-state index is 0.423. The van der Waals surface area contributed by atoms with Crippen LogP contribution in [0.5, 0.6) is 5.75 Å². The molecule has 0 amide bonds. The maximum atomic E-state index is 5.76. The summed E-state index contributed by atoms with van der Waals surface area (Å²) < 4.78 is 7.03. The fourth-order valence-electron chi connectivity index (χ4n) is 1.52. The summed E-state index contributed by atoms with van der Waals surface area (Å²) in [7, 11) is 1.62. The van der Waals surface area contributed by atoms with Crippen molar-refractivity contribution in [2.45, 2.75) is 5.16 Å². The van der Waals surface area contributed by atoms with Gasteiger partial charge in [-0.05, 0) is 44.2 Å². The van der Waals surface area contributed by atoms with Crippen molar-refractivity contribution in [2.75, 3.05) is 24.4 Å². The Morgan fingerprint density at radius 2 is 1.95 bits per heavy atom. The maximum Gasteiger partial charge on any atom is 0.191 e. The van der Waals surface area contributed by atoms with Gasteiger partial charge in [0.15, 0.2) is 5.16 Å². The largest absolute Gasteiger partial charge is 0.495 e. The summed E-state index contributed by atoms with van der Waals surface area (Å²) in [5.74, 6) is 1.78. The van der Waals surface area contributed by atoms with Crippen LogP contribution in [0.15, 0.2) is 32.3 Å². The van der Waals surface area contributed by atoms with E-state index in [1.54, 1.807) is 13.2 Å². The second-order valence-electron chi connectivity index (χ2n) is 3.76. The predicted molar refractivity (Wildman–Crippen MR) is 89.9 cm³/mol. The minimum absolute atomic E-state index is 0.423. The number of hydrogen-bond donors (Lipinski definition) is 2. The van der Waals surface area contributed by atoms with E-state index >= 15 is 0 Å². The molecule has 3 N–H and O–H groups in total. The maximum absolute atomic E-state index is 5.76. The second-order valence-corrected chi connectivity index (χ2v) is 6.24. The van der Waals surface area contributed by atoms with Crippen LogP contribution in [-0.4, -0.2) is 23.3 Å². The van der Waals surface area contributed by atoms with Crippen LogP contribution in [0.4, 0.5) is 17.3 Å². The van der Waals surface area contributed by atoms with Crippen molar-refractivity contribution in [3.8, 4) is 5.75 Å². The molecular formula is C12H12Br2N4OS. The lowest BCUT2D eigenvalue weighted by atomic mass is 10.3. The summed E-state index contributed by atoms with van der Waals surface area (Å²) in [6.07, 6.45) is 1.90. The van der Waals surface area contributed by atoms with Crippen molar-refractivity contribution >= 4 is 60.9 Å². The molecular weight excluding hydrogens is 408 g/mol. The zero-order chi connectivity index (χ0) is 14.7.